The molecule has 138 valence electrons. The Balaban J connectivity index is 1.65. The van der Waals surface area contributed by atoms with Crippen LogP contribution in [0.5, 0.6) is 0 Å². The van der Waals surface area contributed by atoms with Crippen molar-refractivity contribution in [3.05, 3.63) is 30.1 Å². The zero-order chi connectivity index (χ0) is 18.2. The van der Waals surface area contributed by atoms with E-state index in [2.05, 4.69) is 0 Å². The molecule has 1 saturated carbocycles. The van der Waals surface area contributed by atoms with Crippen molar-refractivity contribution in [2.45, 2.75) is 56.5 Å². The average molecular weight is 368 g/mol. The van der Waals surface area contributed by atoms with Crippen LogP contribution in [-0.4, -0.2) is 48.7 Å². The van der Waals surface area contributed by atoms with E-state index in [4.69, 9.17) is 0 Å². The number of piperidine rings is 1. The highest BCUT2D eigenvalue weighted by Crippen LogP contribution is 2.32. The number of nitrogens with zero attached hydrogens (tertiary/aromatic N) is 2. The monoisotopic (exact) mass is 368 g/mol. The summed E-state index contributed by atoms with van der Waals surface area (Å²) in [7, 11) is -3.63. The molecule has 1 aromatic carbocycles. The normalized spacial score (nSPS) is 20.0. The quantitative estimate of drug-likeness (QED) is 0.803. The molecule has 7 heteroatoms. The van der Waals surface area contributed by atoms with Crippen LogP contribution in [0, 0.1) is 11.7 Å². The second kappa shape index (κ2) is 7.03. The van der Waals surface area contributed by atoms with Gasteiger partial charge in [0.25, 0.3) is 0 Å². The molecule has 1 saturated heterocycles. The maximum atomic E-state index is 13.0. The number of halogens is 1. The Hall–Kier alpha value is -1.47. The SMILES string of the molecule is CC(C)N(C(=O)C1CCN(S(=O)(=O)c2ccc(F)cc2)CC1)C1CC1. The third-order valence-corrected chi connectivity index (χ3v) is 6.92. The molecule has 0 spiro atoms. The topological polar surface area (TPSA) is 57.7 Å². The third kappa shape index (κ3) is 3.87. The van der Waals surface area contributed by atoms with Gasteiger partial charge < -0.3 is 4.90 Å². The van der Waals surface area contributed by atoms with Crippen molar-refractivity contribution in [1.82, 2.24) is 9.21 Å². The maximum absolute atomic E-state index is 13.0. The lowest BCUT2D eigenvalue weighted by Gasteiger charge is -2.35. The highest BCUT2D eigenvalue weighted by Gasteiger charge is 2.39. The first kappa shape index (κ1) is 18.3. The number of rotatable bonds is 5. The first-order chi connectivity index (χ1) is 11.8. The predicted octanol–water partition coefficient (Wildman–Crippen LogP) is 2.63. The molecule has 0 unspecified atom stereocenters. The minimum absolute atomic E-state index is 0.0977. The summed E-state index contributed by atoms with van der Waals surface area (Å²) in [5, 5.41) is 0. The molecular weight excluding hydrogens is 343 g/mol. The lowest BCUT2D eigenvalue weighted by molar-refractivity contribution is -0.139. The molecule has 5 nitrogen and oxygen atoms in total. The van der Waals surface area contributed by atoms with E-state index >= 15 is 0 Å². The van der Waals surface area contributed by atoms with E-state index in [0.29, 0.717) is 32.0 Å². The molecular formula is C18H25FN2O3S. The zero-order valence-corrected chi connectivity index (χ0v) is 15.5. The Bertz CT molecular complexity index is 719. The van der Waals surface area contributed by atoms with Gasteiger partial charge in [-0.1, -0.05) is 0 Å². The smallest absolute Gasteiger partial charge is 0.243 e. The minimum Gasteiger partial charge on any atom is -0.337 e. The number of sulfonamides is 1. The highest BCUT2D eigenvalue weighted by atomic mass is 32.2. The Morgan fingerprint density at radius 2 is 1.68 bits per heavy atom. The number of carbonyl (C=O) groups excluding carboxylic acids is 1. The first-order valence-corrected chi connectivity index (χ1v) is 10.3. The molecule has 25 heavy (non-hydrogen) atoms. The van der Waals surface area contributed by atoms with Crippen LogP contribution in [0.3, 0.4) is 0 Å². The van der Waals surface area contributed by atoms with E-state index < -0.39 is 15.8 Å². The summed E-state index contributed by atoms with van der Waals surface area (Å²) in [6.45, 7) is 4.72. The first-order valence-electron chi connectivity index (χ1n) is 8.88. The summed E-state index contributed by atoms with van der Waals surface area (Å²) in [5.41, 5.74) is 0. The predicted molar refractivity (Wildman–Crippen MR) is 92.9 cm³/mol. The Kier molecular flexibility index (Phi) is 5.16. The van der Waals surface area contributed by atoms with Gasteiger partial charge in [-0.15, -0.1) is 0 Å². The number of amides is 1. The molecule has 3 rings (SSSR count). The summed E-state index contributed by atoms with van der Waals surface area (Å²) in [4.78, 5) is 14.9. The van der Waals surface area contributed by atoms with Crippen LogP contribution in [0.2, 0.25) is 0 Å². The van der Waals surface area contributed by atoms with Crippen LogP contribution in [0.1, 0.15) is 39.5 Å². The summed E-state index contributed by atoms with van der Waals surface area (Å²) in [5.74, 6) is -0.406. The molecule has 1 aliphatic heterocycles. The van der Waals surface area contributed by atoms with Crippen LogP contribution in [0.25, 0.3) is 0 Å². The minimum atomic E-state index is -3.63. The number of hydrogen-bond donors (Lipinski definition) is 0. The van der Waals surface area contributed by atoms with Crippen molar-refractivity contribution in [2.24, 2.45) is 5.92 Å². The maximum Gasteiger partial charge on any atom is 0.243 e. The second-order valence-electron chi connectivity index (χ2n) is 7.20. The lowest BCUT2D eigenvalue weighted by Crippen LogP contribution is -2.47. The van der Waals surface area contributed by atoms with Gasteiger partial charge in [-0.25, -0.2) is 12.8 Å². The lowest BCUT2D eigenvalue weighted by atomic mass is 9.96. The Labute approximate surface area is 148 Å². The van der Waals surface area contributed by atoms with E-state index in [1.807, 2.05) is 18.7 Å². The number of hydrogen-bond acceptors (Lipinski definition) is 3. The van der Waals surface area contributed by atoms with E-state index in [1.165, 1.54) is 16.4 Å². The van der Waals surface area contributed by atoms with E-state index in [1.54, 1.807) is 0 Å². The van der Waals surface area contributed by atoms with Gasteiger partial charge >= 0.3 is 0 Å². The van der Waals surface area contributed by atoms with E-state index in [-0.39, 0.29) is 22.8 Å². The molecule has 1 heterocycles. The van der Waals surface area contributed by atoms with Gasteiger partial charge in [0.2, 0.25) is 15.9 Å². The molecule has 2 fully saturated rings. The van der Waals surface area contributed by atoms with E-state index in [9.17, 15) is 17.6 Å². The van der Waals surface area contributed by atoms with Crippen molar-refractivity contribution in [2.75, 3.05) is 13.1 Å². The summed E-state index contributed by atoms with van der Waals surface area (Å²) >= 11 is 0. The fraction of sp³-hybridized carbons (Fsp3) is 0.611. The Morgan fingerprint density at radius 3 is 2.16 bits per heavy atom. The van der Waals surface area contributed by atoms with Crippen molar-refractivity contribution in [3.63, 3.8) is 0 Å². The third-order valence-electron chi connectivity index (χ3n) is 5.01. The number of benzene rings is 1. The van der Waals surface area contributed by atoms with Crippen LogP contribution >= 0.6 is 0 Å². The van der Waals surface area contributed by atoms with Gasteiger partial charge in [-0.05, 0) is 63.8 Å². The largest absolute Gasteiger partial charge is 0.337 e. The fourth-order valence-electron chi connectivity index (χ4n) is 3.52. The molecule has 0 radical (unpaired) electrons. The van der Waals surface area contributed by atoms with Crippen LogP contribution in [-0.2, 0) is 14.8 Å². The summed E-state index contributed by atoms with van der Waals surface area (Å²) < 4.78 is 39.7. The van der Waals surface area contributed by atoms with Crippen LogP contribution in [0.4, 0.5) is 4.39 Å². The van der Waals surface area contributed by atoms with Crippen molar-refractivity contribution >= 4 is 15.9 Å². The van der Waals surface area contributed by atoms with Crippen LogP contribution in [0.15, 0.2) is 29.2 Å². The summed E-state index contributed by atoms with van der Waals surface area (Å²) in [6.07, 6.45) is 3.22. The van der Waals surface area contributed by atoms with E-state index in [0.717, 1.165) is 25.0 Å². The van der Waals surface area contributed by atoms with Crippen LogP contribution < -0.4 is 0 Å². The van der Waals surface area contributed by atoms with Gasteiger partial charge in [0, 0.05) is 31.1 Å². The second-order valence-corrected chi connectivity index (χ2v) is 9.14. The number of carbonyl (C=O) groups is 1. The van der Waals surface area contributed by atoms with Crippen molar-refractivity contribution in [3.8, 4) is 0 Å². The average Bonchev–Trinajstić information content (AvgIpc) is 3.40. The molecule has 2 aliphatic rings. The molecule has 1 aliphatic carbocycles. The molecule has 0 bridgehead atoms. The zero-order valence-electron chi connectivity index (χ0n) is 14.7. The Morgan fingerprint density at radius 1 is 1.12 bits per heavy atom. The van der Waals surface area contributed by atoms with Crippen molar-refractivity contribution < 1.29 is 17.6 Å². The highest BCUT2D eigenvalue weighted by molar-refractivity contribution is 7.89. The molecule has 0 N–H and O–H groups in total. The van der Waals surface area contributed by atoms with Gasteiger partial charge in [-0.2, -0.15) is 4.31 Å². The van der Waals surface area contributed by atoms with Gasteiger partial charge in [0.05, 0.1) is 4.90 Å². The van der Waals surface area contributed by atoms with Gasteiger partial charge in [0.15, 0.2) is 0 Å². The molecule has 0 aromatic heterocycles. The summed E-state index contributed by atoms with van der Waals surface area (Å²) in [6, 6.07) is 5.43. The van der Waals surface area contributed by atoms with Gasteiger partial charge in [-0.3, -0.25) is 4.79 Å². The molecule has 1 amide bonds. The molecule has 1 aromatic rings. The molecule has 0 atom stereocenters. The fourth-order valence-corrected chi connectivity index (χ4v) is 4.99. The van der Waals surface area contributed by atoms with Gasteiger partial charge in [0.1, 0.15) is 5.82 Å². The van der Waals surface area contributed by atoms with Crippen molar-refractivity contribution in [1.29, 1.82) is 0 Å². The standard InChI is InChI=1S/C18H25FN2O3S/c1-13(2)21(16-5-6-16)18(22)14-9-11-20(12-10-14)25(23,24)17-7-3-15(19)4-8-17/h3-4,7-8,13-14,16H,5-6,9-12H2,1-2H3.